The van der Waals surface area contributed by atoms with Gasteiger partial charge in [-0.3, -0.25) is 4.79 Å². The monoisotopic (exact) mass is 316 g/mol. The Hall–Kier alpha value is -0.660. The number of sulfonamides is 1. The zero-order valence-corrected chi connectivity index (χ0v) is 13.5. The molecule has 3 saturated heterocycles. The largest absolute Gasteiger partial charge is 0.376 e. The predicted molar refractivity (Wildman–Crippen MR) is 78.2 cm³/mol. The number of hydrogen-bond donors (Lipinski definition) is 0. The van der Waals surface area contributed by atoms with E-state index in [0.717, 1.165) is 19.5 Å². The number of amides is 1. The van der Waals surface area contributed by atoms with Gasteiger partial charge in [0.05, 0.1) is 18.0 Å². The first-order chi connectivity index (χ1) is 9.89. The average Bonchev–Trinajstić information content (AvgIpc) is 3.08. The second-order valence-corrected chi connectivity index (χ2v) is 9.14. The van der Waals surface area contributed by atoms with Gasteiger partial charge in [-0.15, -0.1) is 0 Å². The summed E-state index contributed by atoms with van der Waals surface area (Å²) in [4.78, 5) is 13.7. The van der Waals surface area contributed by atoms with Gasteiger partial charge in [0.15, 0.2) is 0 Å². The first-order valence-electron chi connectivity index (χ1n) is 7.78. The number of ether oxygens (including phenoxy) is 1. The minimum atomic E-state index is -3.21. The number of nitrogens with zero attached hydrogens (tertiary/aromatic N) is 2. The van der Waals surface area contributed by atoms with Crippen LogP contribution in [-0.2, 0) is 19.6 Å². The molecule has 6 nitrogen and oxygen atoms in total. The van der Waals surface area contributed by atoms with Gasteiger partial charge in [-0.1, -0.05) is 0 Å². The number of carbonyl (C=O) groups is 1. The van der Waals surface area contributed by atoms with Gasteiger partial charge >= 0.3 is 0 Å². The Morgan fingerprint density at radius 3 is 2.71 bits per heavy atom. The molecule has 3 atom stereocenters. The Labute approximate surface area is 126 Å². The molecule has 0 radical (unpaired) electrons. The van der Waals surface area contributed by atoms with Crippen molar-refractivity contribution < 1.29 is 17.9 Å². The van der Waals surface area contributed by atoms with E-state index in [1.807, 2.05) is 4.90 Å². The summed E-state index contributed by atoms with van der Waals surface area (Å²) < 4.78 is 31.9. The van der Waals surface area contributed by atoms with E-state index >= 15 is 0 Å². The van der Waals surface area contributed by atoms with E-state index in [9.17, 15) is 13.2 Å². The minimum absolute atomic E-state index is 0.00114. The highest BCUT2D eigenvalue weighted by Crippen LogP contribution is 2.36. The van der Waals surface area contributed by atoms with Gasteiger partial charge in [-0.25, -0.2) is 8.42 Å². The van der Waals surface area contributed by atoms with Crippen molar-refractivity contribution in [3.63, 3.8) is 0 Å². The fourth-order valence-electron chi connectivity index (χ4n) is 3.64. The lowest BCUT2D eigenvalue weighted by molar-refractivity contribution is -0.128. The Bertz CT molecular complexity index is 519. The van der Waals surface area contributed by atoms with Crippen molar-refractivity contribution in [3.05, 3.63) is 0 Å². The molecule has 0 spiro atoms. The lowest BCUT2D eigenvalue weighted by atomic mass is 9.93. The second-order valence-electron chi connectivity index (χ2n) is 6.65. The third kappa shape index (κ3) is 2.71. The summed E-state index contributed by atoms with van der Waals surface area (Å²) in [5.41, 5.74) is 0. The van der Waals surface area contributed by atoms with Gasteiger partial charge in [0.25, 0.3) is 0 Å². The van der Waals surface area contributed by atoms with Crippen LogP contribution >= 0.6 is 0 Å². The van der Waals surface area contributed by atoms with E-state index in [1.54, 1.807) is 18.2 Å². The van der Waals surface area contributed by atoms with Crippen molar-refractivity contribution in [1.29, 1.82) is 0 Å². The summed E-state index contributed by atoms with van der Waals surface area (Å²) in [6, 6.07) is 0. The smallest absolute Gasteiger partial charge is 0.222 e. The normalized spacial score (nSPS) is 34.1. The third-order valence-electron chi connectivity index (χ3n) is 4.99. The summed E-state index contributed by atoms with van der Waals surface area (Å²) >= 11 is 0. The van der Waals surface area contributed by atoms with Crippen LogP contribution in [0.3, 0.4) is 0 Å². The van der Waals surface area contributed by atoms with Crippen LogP contribution in [0.1, 0.15) is 26.7 Å². The van der Waals surface area contributed by atoms with Crippen molar-refractivity contribution in [2.45, 2.75) is 38.0 Å². The lowest BCUT2D eigenvalue weighted by Crippen LogP contribution is -2.38. The Balaban J connectivity index is 1.65. The van der Waals surface area contributed by atoms with E-state index in [2.05, 4.69) is 0 Å². The molecule has 7 heteroatoms. The molecule has 0 N–H and O–H groups in total. The molecule has 3 fully saturated rings. The molecule has 120 valence electrons. The Morgan fingerprint density at radius 2 is 2.10 bits per heavy atom. The van der Waals surface area contributed by atoms with Crippen molar-refractivity contribution in [2.75, 3.05) is 32.8 Å². The minimum Gasteiger partial charge on any atom is -0.376 e. The third-order valence-corrected chi connectivity index (χ3v) is 7.20. The van der Waals surface area contributed by atoms with Crippen LogP contribution in [0.15, 0.2) is 0 Å². The van der Waals surface area contributed by atoms with Gasteiger partial charge in [0, 0.05) is 44.4 Å². The molecule has 0 saturated carbocycles. The van der Waals surface area contributed by atoms with Gasteiger partial charge < -0.3 is 9.64 Å². The zero-order chi connectivity index (χ0) is 15.2. The van der Waals surface area contributed by atoms with Crippen LogP contribution in [0.5, 0.6) is 0 Å². The highest BCUT2D eigenvalue weighted by Gasteiger charge is 2.48. The van der Waals surface area contributed by atoms with Crippen LogP contribution in [-0.4, -0.2) is 67.7 Å². The number of fused-ring (bicyclic) bond motifs is 1. The van der Waals surface area contributed by atoms with E-state index in [0.29, 0.717) is 26.1 Å². The molecular formula is C14H24N2O4S. The van der Waals surface area contributed by atoms with Crippen molar-refractivity contribution in [1.82, 2.24) is 9.21 Å². The lowest BCUT2D eigenvalue weighted by Gasteiger charge is -2.24. The standard InChI is InChI=1S/C14H24N2O4S/c1-10(2)21(18,19)16-7-12-11(9-20-13(12)8-16)6-15-5-3-4-14(15)17/h10-13H,3-9H2,1-2H3/t11-,12+,13+/m0/s1. The summed E-state index contributed by atoms with van der Waals surface area (Å²) in [7, 11) is -3.21. The first kappa shape index (κ1) is 15.2. The molecule has 3 rings (SSSR count). The maximum atomic E-state index is 12.3. The van der Waals surface area contributed by atoms with Crippen LogP contribution < -0.4 is 0 Å². The van der Waals surface area contributed by atoms with E-state index in [1.165, 1.54) is 0 Å². The summed E-state index contributed by atoms with van der Waals surface area (Å²) in [5, 5.41) is -0.394. The highest BCUT2D eigenvalue weighted by molar-refractivity contribution is 7.89. The predicted octanol–water partition coefficient (Wildman–Crippen LogP) is 0.294. The van der Waals surface area contributed by atoms with Crippen molar-refractivity contribution in [2.24, 2.45) is 11.8 Å². The maximum absolute atomic E-state index is 12.3. The number of carbonyl (C=O) groups excluding carboxylic acids is 1. The Kier molecular flexibility index (Phi) is 4.00. The number of likely N-dealkylation sites (tertiary alicyclic amines) is 1. The van der Waals surface area contributed by atoms with Crippen LogP contribution in [0.25, 0.3) is 0 Å². The highest BCUT2D eigenvalue weighted by atomic mass is 32.2. The quantitative estimate of drug-likeness (QED) is 0.748. The van der Waals surface area contributed by atoms with Crippen LogP contribution in [0.4, 0.5) is 0 Å². The van der Waals surface area contributed by atoms with Crippen LogP contribution in [0.2, 0.25) is 0 Å². The molecule has 0 aromatic carbocycles. The summed E-state index contributed by atoms with van der Waals surface area (Å²) in [6.45, 7) is 6.63. The van der Waals surface area contributed by atoms with E-state index in [-0.39, 0.29) is 23.8 Å². The molecule has 3 aliphatic rings. The van der Waals surface area contributed by atoms with Crippen LogP contribution in [0, 0.1) is 11.8 Å². The molecule has 0 unspecified atom stereocenters. The molecule has 0 bridgehead atoms. The van der Waals surface area contributed by atoms with Crippen molar-refractivity contribution in [3.8, 4) is 0 Å². The molecule has 0 aromatic rings. The molecule has 3 aliphatic heterocycles. The van der Waals surface area contributed by atoms with Gasteiger partial charge in [-0.2, -0.15) is 4.31 Å². The molecule has 1 amide bonds. The average molecular weight is 316 g/mol. The van der Waals surface area contributed by atoms with Crippen molar-refractivity contribution >= 4 is 15.9 Å². The fourth-order valence-corrected chi connectivity index (χ4v) is 4.97. The molecule has 0 aromatic heterocycles. The molecule has 0 aliphatic carbocycles. The number of hydrogen-bond acceptors (Lipinski definition) is 4. The first-order valence-corrected chi connectivity index (χ1v) is 9.28. The Morgan fingerprint density at radius 1 is 1.33 bits per heavy atom. The molecule has 3 heterocycles. The second kappa shape index (κ2) is 5.52. The van der Waals surface area contributed by atoms with E-state index < -0.39 is 15.3 Å². The van der Waals surface area contributed by atoms with Gasteiger partial charge in [0.1, 0.15) is 0 Å². The fraction of sp³-hybridized carbons (Fsp3) is 0.929. The van der Waals surface area contributed by atoms with E-state index in [4.69, 9.17) is 4.74 Å². The summed E-state index contributed by atoms with van der Waals surface area (Å²) in [5.74, 6) is 0.722. The topological polar surface area (TPSA) is 66.9 Å². The molecular weight excluding hydrogens is 292 g/mol. The number of rotatable bonds is 4. The van der Waals surface area contributed by atoms with Gasteiger partial charge in [0.2, 0.25) is 15.9 Å². The summed E-state index contributed by atoms with van der Waals surface area (Å²) in [6.07, 6.45) is 1.59. The zero-order valence-electron chi connectivity index (χ0n) is 12.7. The maximum Gasteiger partial charge on any atom is 0.222 e. The molecule has 21 heavy (non-hydrogen) atoms. The SMILES string of the molecule is CC(C)S(=O)(=O)N1C[C@@H]2[C@@H](CN3CCCC3=O)CO[C@@H]2C1. The van der Waals surface area contributed by atoms with Gasteiger partial charge in [-0.05, 0) is 20.3 Å².